The molecule has 0 amide bonds. The van der Waals surface area contributed by atoms with E-state index >= 15 is 0 Å². The van der Waals surface area contributed by atoms with Gasteiger partial charge in [0.15, 0.2) is 0 Å². The Morgan fingerprint density at radius 3 is 2.88 bits per heavy atom. The molecule has 0 unspecified atom stereocenters. The number of halogens is 1. The minimum absolute atomic E-state index is 0.0358. The maximum Gasteiger partial charge on any atom is 0.319 e. The van der Waals surface area contributed by atoms with Crippen LogP contribution >= 0.6 is 0 Å². The molecule has 1 saturated heterocycles. The highest BCUT2D eigenvalue weighted by Crippen LogP contribution is 2.28. The Hall–Kier alpha value is -3.41. The number of rotatable bonds is 6. The fourth-order valence-electron chi connectivity index (χ4n) is 3.18. The van der Waals surface area contributed by atoms with E-state index in [-0.39, 0.29) is 26.7 Å². The van der Waals surface area contributed by atoms with Crippen LogP contribution in [0.2, 0.25) is 0 Å². The van der Waals surface area contributed by atoms with Gasteiger partial charge < -0.3 is 29.3 Å². The van der Waals surface area contributed by atoms with Gasteiger partial charge in [-0.3, -0.25) is 9.78 Å². The lowest BCUT2D eigenvalue weighted by Crippen LogP contribution is -2.35. The molecular weight excluding hydrogens is 421 g/mol. The Morgan fingerprint density at radius 1 is 1.31 bits per heavy atom. The molecule has 1 aliphatic rings. The smallest absolute Gasteiger partial charge is 0.319 e. The highest BCUT2D eigenvalue weighted by molar-refractivity contribution is 5.71. The monoisotopic (exact) mass is 443 g/mol. The van der Waals surface area contributed by atoms with Gasteiger partial charge in [0.05, 0.1) is 6.54 Å². The van der Waals surface area contributed by atoms with Crippen LogP contribution in [-0.4, -0.2) is 60.5 Å². The summed E-state index contributed by atoms with van der Waals surface area (Å²) in [5.74, 6) is -0.188. The molecule has 168 valence electrons. The molecule has 10 nitrogen and oxygen atoms in total. The average Bonchev–Trinajstić information content (AvgIpc) is 3.10. The summed E-state index contributed by atoms with van der Waals surface area (Å²) in [6.45, 7) is 2.13. The molecule has 3 heterocycles. The second kappa shape index (κ2) is 9.81. The van der Waals surface area contributed by atoms with E-state index in [1.54, 1.807) is 42.3 Å². The molecule has 2 N–H and O–H groups in total. The lowest BCUT2D eigenvalue weighted by molar-refractivity contribution is -0.148. The summed E-state index contributed by atoms with van der Waals surface area (Å²) in [4.78, 5) is 17.4. The van der Waals surface area contributed by atoms with Crippen molar-refractivity contribution in [3.8, 4) is 22.7 Å². The van der Waals surface area contributed by atoms with Gasteiger partial charge in [0.2, 0.25) is 5.89 Å². The quantitative estimate of drug-likeness (QED) is 0.564. The van der Waals surface area contributed by atoms with Crippen LogP contribution in [0.15, 0.2) is 40.9 Å². The summed E-state index contributed by atoms with van der Waals surface area (Å²) < 4.78 is 36.3. The summed E-state index contributed by atoms with van der Waals surface area (Å²) in [5, 5.41) is 7.70. The van der Waals surface area contributed by atoms with E-state index in [9.17, 15) is 9.18 Å². The minimum Gasteiger partial charge on any atom is -0.462 e. The molecule has 1 atom stereocenters. The molecule has 0 aliphatic carbocycles. The number of nitrogens with two attached hydrogens (primary N) is 1. The number of hydrogen-bond acceptors (Lipinski definition) is 10. The molecule has 0 radical (unpaired) electrons. The molecule has 0 saturated carbocycles. The molecule has 2 aromatic heterocycles. The van der Waals surface area contributed by atoms with Gasteiger partial charge in [-0.05, 0) is 24.3 Å². The zero-order valence-electron chi connectivity index (χ0n) is 17.4. The Labute approximate surface area is 183 Å². The summed E-state index contributed by atoms with van der Waals surface area (Å²) in [6, 6.07) is 8.31. The first kappa shape index (κ1) is 21.8. The van der Waals surface area contributed by atoms with Crippen LogP contribution in [0.1, 0.15) is 5.89 Å². The zero-order valence-corrected chi connectivity index (χ0v) is 17.4. The number of hydrogen-bond donors (Lipinski definition) is 1. The SMILES string of the molecule is Cc1nnc(-c2ccc(-c3ccc(N4COCO[C@@H](COC(=O)CN)C4)cc3F)cn2)o1. The summed E-state index contributed by atoms with van der Waals surface area (Å²) in [5.41, 5.74) is 7.37. The maximum atomic E-state index is 15.0. The van der Waals surface area contributed by atoms with E-state index in [4.69, 9.17) is 24.4 Å². The number of ether oxygens (including phenoxy) is 3. The number of anilines is 1. The van der Waals surface area contributed by atoms with Gasteiger partial charge in [0, 0.05) is 36.5 Å². The number of benzene rings is 1. The number of aromatic nitrogens is 3. The van der Waals surface area contributed by atoms with Crippen molar-refractivity contribution in [2.75, 3.05) is 38.1 Å². The minimum atomic E-state index is -0.519. The summed E-state index contributed by atoms with van der Waals surface area (Å²) in [7, 11) is 0. The van der Waals surface area contributed by atoms with E-state index in [0.717, 1.165) is 0 Å². The van der Waals surface area contributed by atoms with Crippen molar-refractivity contribution in [2.24, 2.45) is 5.73 Å². The van der Waals surface area contributed by atoms with Crippen molar-refractivity contribution in [1.29, 1.82) is 0 Å². The predicted molar refractivity (Wildman–Crippen MR) is 111 cm³/mol. The average molecular weight is 443 g/mol. The molecule has 32 heavy (non-hydrogen) atoms. The van der Waals surface area contributed by atoms with Crippen molar-refractivity contribution in [2.45, 2.75) is 13.0 Å². The van der Waals surface area contributed by atoms with E-state index in [0.29, 0.717) is 40.8 Å². The van der Waals surface area contributed by atoms with Crippen LogP contribution in [0.5, 0.6) is 0 Å². The molecule has 1 fully saturated rings. The Balaban J connectivity index is 1.48. The Bertz CT molecular complexity index is 1070. The van der Waals surface area contributed by atoms with Crippen LogP contribution in [0.3, 0.4) is 0 Å². The number of esters is 1. The largest absolute Gasteiger partial charge is 0.462 e. The number of aryl methyl sites for hydroxylation is 1. The first-order valence-electron chi connectivity index (χ1n) is 9.90. The molecule has 4 rings (SSSR count). The van der Waals surface area contributed by atoms with Crippen molar-refractivity contribution in [1.82, 2.24) is 15.2 Å². The molecule has 0 spiro atoms. The fraction of sp³-hybridized carbons (Fsp3) is 0.333. The fourth-order valence-corrected chi connectivity index (χ4v) is 3.18. The van der Waals surface area contributed by atoms with Gasteiger partial charge in [0.25, 0.3) is 5.89 Å². The van der Waals surface area contributed by atoms with Gasteiger partial charge in [-0.2, -0.15) is 0 Å². The Morgan fingerprint density at radius 2 is 2.19 bits per heavy atom. The molecule has 1 aliphatic heterocycles. The first-order chi connectivity index (χ1) is 15.5. The van der Waals surface area contributed by atoms with E-state index in [1.165, 1.54) is 6.07 Å². The highest BCUT2D eigenvalue weighted by Gasteiger charge is 2.22. The number of pyridine rings is 1. The van der Waals surface area contributed by atoms with Crippen molar-refractivity contribution in [3.63, 3.8) is 0 Å². The topological polar surface area (TPSA) is 126 Å². The predicted octanol–water partition coefficient (Wildman–Crippen LogP) is 1.88. The number of carbonyl (C=O) groups is 1. The normalized spacial score (nSPS) is 16.6. The number of carbonyl (C=O) groups excluding carboxylic acids is 1. The highest BCUT2D eigenvalue weighted by atomic mass is 19.1. The lowest BCUT2D eigenvalue weighted by atomic mass is 10.1. The third-order valence-electron chi connectivity index (χ3n) is 4.79. The van der Waals surface area contributed by atoms with Gasteiger partial charge in [-0.1, -0.05) is 6.07 Å². The van der Waals surface area contributed by atoms with Crippen LogP contribution in [0.25, 0.3) is 22.7 Å². The van der Waals surface area contributed by atoms with Gasteiger partial charge >= 0.3 is 5.97 Å². The zero-order chi connectivity index (χ0) is 22.5. The third kappa shape index (κ3) is 5.07. The molecular formula is C21H22FN5O5. The second-order valence-electron chi connectivity index (χ2n) is 7.07. The molecule has 1 aromatic carbocycles. The van der Waals surface area contributed by atoms with E-state index < -0.39 is 17.9 Å². The third-order valence-corrected chi connectivity index (χ3v) is 4.79. The van der Waals surface area contributed by atoms with E-state index in [1.807, 2.05) is 0 Å². The first-order valence-corrected chi connectivity index (χ1v) is 9.90. The van der Waals surface area contributed by atoms with Crippen molar-refractivity contribution < 1.29 is 27.8 Å². The summed E-state index contributed by atoms with van der Waals surface area (Å²) >= 11 is 0. The maximum absolute atomic E-state index is 15.0. The van der Waals surface area contributed by atoms with Crippen molar-refractivity contribution in [3.05, 3.63) is 48.2 Å². The second-order valence-corrected chi connectivity index (χ2v) is 7.07. The number of nitrogens with zero attached hydrogens (tertiary/aromatic N) is 4. The van der Waals surface area contributed by atoms with Crippen LogP contribution in [0, 0.1) is 12.7 Å². The Kier molecular flexibility index (Phi) is 6.69. The molecule has 3 aromatic rings. The van der Waals surface area contributed by atoms with Crippen molar-refractivity contribution >= 4 is 11.7 Å². The van der Waals surface area contributed by atoms with Gasteiger partial charge in [-0.25, -0.2) is 4.39 Å². The van der Waals surface area contributed by atoms with E-state index in [2.05, 4.69) is 15.2 Å². The van der Waals surface area contributed by atoms with Crippen LogP contribution in [-0.2, 0) is 19.0 Å². The van der Waals surface area contributed by atoms with Crippen LogP contribution in [0.4, 0.5) is 10.1 Å². The lowest BCUT2D eigenvalue weighted by Gasteiger charge is -2.25. The molecule has 11 heteroatoms. The van der Waals surface area contributed by atoms with Gasteiger partial charge in [-0.15, -0.1) is 10.2 Å². The summed E-state index contributed by atoms with van der Waals surface area (Å²) in [6.07, 6.45) is 1.12. The van der Waals surface area contributed by atoms with Gasteiger partial charge in [0.1, 0.15) is 37.7 Å². The standard InChI is InChI=1S/C21H22FN5O5/c1-13-25-26-21(32-13)19-5-2-14(8-24-19)17-4-3-15(6-18(17)22)27-9-16(31-12-29-11-27)10-30-20(28)7-23/h2-6,8,16H,7,9-12,23H2,1H3/t16-/m1/s1. The molecule has 0 bridgehead atoms. The van der Waals surface area contributed by atoms with Crippen LogP contribution < -0.4 is 10.6 Å².